The van der Waals surface area contributed by atoms with Crippen LogP contribution in [-0.4, -0.2) is 25.1 Å². The molecule has 6 nitrogen and oxygen atoms in total. The van der Waals surface area contributed by atoms with Crippen LogP contribution in [0.15, 0.2) is 84.0 Å². The summed E-state index contributed by atoms with van der Waals surface area (Å²) in [6.07, 6.45) is 1.63. The van der Waals surface area contributed by atoms with Crippen LogP contribution in [0.5, 0.6) is 5.75 Å². The van der Waals surface area contributed by atoms with Crippen LogP contribution < -0.4 is 15.5 Å². The minimum Gasteiger partial charge on any atom is -0.496 e. The van der Waals surface area contributed by atoms with E-state index in [2.05, 4.69) is 15.8 Å². The van der Waals surface area contributed by atoms with E-state index in [0.29, 0.717) is 5.56 Å². The molecule has 0 aromatic heterocycles. The van der Waals surface area contributed by atoms with Gasteiger partial charge in [-0.25, -0.2) is 5.43 Å². The number of benzene rings is 3. The summed E-state index contributed by atoms with van der Waals surface area (Å²) in [5.74, 6) is 0.254. The Kier molecular flexibility index (Phi) is 7.54. The Bertz CT molecular complexity index is 1050. The van der Waals surface area contributed by atoms with Gasteiger partial charge in [-0.15, -0.1) is 0 Å². The average molecular weight is 415 g/mol. The van der Waals surface area contributed by atoms with Crippen LogP contribution in [0.4, 0.5) is 0 Å². The molecule has 2 amide bonds. The topological polar surface area (TPSA) is 79.8 Å². The van der Waals surface area contributed by atoms with Crippen molar-refractivity contribution in [3.05, 3.63) is 101 Å². The van der Waals surface area contributed by atoms with Gasteiger partial charge in [0.1, 0.15) is 5.75 Å². The first kappa shape index (κ1) is 21.8. The normalized spacial score (nSPS) is 11.7. The zero-order chi connectivity index (χ0) is 22.1. The molecule has 3 aromatic rings. The highest BCUT2D eigenvalue weighted by atomic mass is 16.5. The number of amides is 2. The zero-order valence-electron chi connectivity index (χ0n) is 17.5. The summed E-state index contributed by atoms with van der Waals surface area (Å²) in [5, 5.41) is 6.99. The third-order valence-electron chi connectivity index (χ3n) is 4.75. The van der Waals surface area contributed by atoms with E-state index in [9.17, 15) is 9.59 Å². The third kappa shape index (κ3) is 6.27. The van der Waals surface area contributed by atoms with E-state index in [-0.39, 0.29) is 18.2 Å². The first-order valence-electron chi connectivity index (χ1n) is 9.94. The van der Waals surface area contributed by atoms with E-state index in [4.69, 9.17) is 4.74 Å². The third-order valence-corrected chi connectivity index (χ3v) is 4.75. The lowest BCUT2D eigenvalue weighted by Crippen LogP contribution is -2.32. The van der Waals surface area contributed by atoms with E-state index < -0.39 is 6.04 Å². The number of aryl methyl sites for hydroxylation is 1. The molecule has 2 N–H and O–H groups in total. The second-order valence-corrected chi connectivity index (χ2v) is 7.03. The molecule has 1 atom stereocenters. The molecule has 3 aromatic carbocycles. The van der Waals surface area contributed by atoms with E-state index >= 15 is 0 Å². The molecule has 3 rings (SSSR count). The SMILES string of the molecule is COc1ccc(/C=N\NC(=O)C[C@@H](NC(=O)c2ccccc2)c2ccccc2)cc1C. The number of methoxy groups -OCH3 is 1. The second kappa shape index (κ2) is 10.7. The van der Waals surface area contributed by atoms with Crippen molar-refractivity contribution in [2.24, 2.45) is 5.10 Å². The summed E-state index contributed by atoms with van der Waals surface area (Å²) in [7, 11) is 1.62. The lowest BCUT2D eigenvalue weighted by molar-refractivity contribution is -0.121. The van der Waals surface area contributed by atoms with Gasteiger partial charge in [0.25, 0.3) is 5.91 Å². The maximum atomic E-state index is 12.6. The standard InChI is InChI=1S/C25H25N3O3/c1-18-15-19(13-14-23(18)31-2)17-26-28-24(29)16-22(20-9-5-3-6-10-20)27-25(30)21-11-7-4-8-12-21/h3-15,17,22H,16H2,1-2H3,(H,27,30)(H,28,29)/b26-17-/t22-/m1/s1. The molecular weight excluding hydrogens is 390 g/mol. The Hall–Kier alpha value is -3.93. The van der Waals surface area contributed by atoms with Crippen LogP contribution in [0.2, 0.25) is 0 Å². The summed E-state index contributed by atoms with van der Waals surface area (Å²) in [4.78, 5) is 25.1. The van der Waals surface area contributed by atoms with Gasteiger partial charge in [-0.3, -0.25) is 9.59 Å². The molecule has 0 saturated heterocycles. The first-order chi connectivity index (χ1) is 15.1. The molecule has 31 heavy (non-hydrogen) atoms. The second-order valence-electron chi connectivity index (χ2n) is 7.03. The van der Waals surface area contributed by atoms with Gasteiger partial charge in [0, 0.05) is 5.56 Å². The Morgan fingerprint density at radius 2 is 1.68 bits per heavy atom. The monoisotopic (exact) mass is 415 g/mol. The number of hydrogen-bond acceptors (Lipinski definition) is 4. The van der Waals surface area contributed by atoms with Crippen LogP contribution in [0.3, 0.4) is 0 Å². The highest BCUT2D eigenvalue weighted by Crippen LogP contribution is 2.18. The maximum Gasteiger partial charge on any atom is 0.251 e. The quantitative estimate of drug-likeness (QED) is 0.431. The van der Waals surface area contributed by atoms with Crippen molar-refractivity contribution >= 4 is 18.0 Å². The molecule has 158 valence electrons. The van der Waals surface area contributed by atoms with Crippen molar-refractivity contribution in [2.75, 3.05) is 7.11 Å². The van der Waals surface area contributed by atoms with Gasteiger partial charge < -0.3 is 10.1 Å². The molecule has 0 aliphatic rings. The minimum atomic E-state index is -0.479. The molecule has 0 radical (unpaired) electrons. The number of carbonyl (C=O) groups excluding carboxylic acids is 2. The number of hydrazone groups is 1. The molecule has 0 aliphatic heterocycles. The Morgan fingerprint density at radius 3 is 2.32 bits per heavy atom. The predicted molar refractivity (Wildman–Crippen MR) is 121 cm³/mol. The highest BCUT2D eigenvalue weighted by molar-refractivity contribution is 5.94. The van der Waals surface area contributed by atoms with Crippen LogP contribution >= 0.6 is 0 Å². The van der Waals surface area contributed by atoms with Gasteiger partial charge in [-0.2, -0.15) is 5.10 Å². The molecule has 0 heterocycles. The van der Waals surface area contributed by atoms with Crippen molar-refractivity contribution in [2.45, 2.75) is 19.4 Å². The fraction of sp³-hybridized carbons (Fsp3) is 0.160. The molecule has 6 heteroatoms. The van der Waals surface area contributed by atoms with Crippen molar-refractivity contribution < 1.29 is 14.3 Å². The van der Waals surface area contributed by atoms with E-state index in [1.54, 1.807) is 37.6 Å². The van der Waals surface area contributed by atoms with Crippen molar-refractivity contribution in [3.8, 4) is 5.75 Å². The molecule has 0 fully saturated rings. The van der Waals surface area contributed by atoms with E-state index in [0.717, 1.165) is 22.4 Å². The highest BCUT2D eigenvalue weighted by Gasteiger charge is 2.19. The molecular formula is C25H25N3O3. The van der Waals surface area contributed by atoms with Gasteiger partial charge in [0.2, 0.25) is 5.91 Å². The fourth-order valence-electron chi connectivity index (χ4n) is 3.16. The van der Waals surface area contributed by atoms with Gasteiger partial charge in [0.15, 0.2) is 0 Å². The number of carbonyl (C=O) groups is 2. The maximum absolute atomic E-state index is 12.6. The average Bonchev–Trinajstić information content (AvgIpc) is 2.80. The summed E-state index contributed by atoms with van der Waals surface area (Å²) in [6.45, 7) is 1.94. The van der Waals surface area contributed by atoms with Gasteiger partial charge in [0.05, 0.1) is 25.8 Å². The van der Waals surface area contributed by atoms with Crippen LogP contribution in [0, 0.1) is 6.92 Å². The van der Waals surface area contributed by atoms with Crippen molar-refractivity contribution in [3.63, 3.8) is 0 Å². The summed E-state index contributed by atoms with van der Waals surface area (Å²) in [6, 6.07) is 23.5. The lowest BCUT2D eigenvalue weighted by Gasteiger charge is -2.18. The lowest BCUT2D eigenvalue weighted by atomic mass is 10.0. The zero-order valence-corrected chi connectivity index (χ0v) is 17.5. The smallest absolute Gasteiger partial charge is 0.251 e. The van der Waals surface area contributed by atoms with Crippen molar-refractivity contribution in [1.82, 2.24) is 10.7 Å². The van der Waals surface area contributed by atoms with Crippen LogP contribution in [0.1, 0.15) is 39.5 Å². The first-order valence-corrected chi connectivity index (χ1v) is 9.94. The predicted octanol–water partition coefficient (Wildman–Crippen LogP) is 4.02. The Labute approximate surface area is 182 Å². The minimum absolute atomic E-state index is 0.0571. The summed E-state index contributed by atoms with van der Waals surface area (Å²) < 4.78 is 5.24. The van der Waals surface area contributed by atoms with Gasteiger partial charge >= 0.3 is 0 Å². The van der Waals surface area contributed by atoms with Crippen LogP contribution in [-0.2, 0) is 4.79 Å². The van der Waals surface area contributed by atoms with Crippen LogP contribution in [0.25, 0.3) is 0 Å². The molecule has 0 bridgehead atoms. The number of nitrogens with zero attached hydrogens (tertiary/aromatic N) is 1. The molecule has 0 saturated carbocycles. The number of ether oxygens (including phenoxy) is 1. The number of hydrogen-bond donors (Lipinski definition) is 2. The van der Waals surface area contributed by atoms with Gasteiger partial charge in [-0.05, 0) is 53.9 Å². The molecule has 0 aliphatic carbocycles. The number of nitrogens with one attached hydrogen (secondary N) is 2. The van der Waals surface area contributed by atoms with E-state index in [1.165, 1.54) is 0 Å². The number of rotatable bonds is 8. The molecule has 0 spiro atoms. The summed E-state index contributed by atoms with van der Waals surface area (Å²) in [5.41, 5.74) is 5.74. The largest absolute Gasteiger partial charge is 0.496 e. The Morgan fingerprint density at radius 1 is 1.00 bits per heavy atom. The van der Waals surface area contributed by atoms with E-state index in [1.807, 2.05) is 61.5 Å². The van der Waals surface area contributed by atoms with Gasteiger partial charge in [-0.1, -0.05) is 48.5 Å². The summed E-state index contributed by atoms with van der Waals surface area (Å²) >= 11 is 0. The fourth-order valence-corrected chi connectivity index (χ4v) is 3.16. The Balaban J connectivity index is 1.65. The molecule has 0 unspecified atom stereocenters. The van der Waals surface area contributed by atoms with Crippen molar-refractivity contribution in [1.29, 1.82) is 0 Å².